The quantitative estimate of drug-likeness (QED) is 0.651. The van der Waals surface area contributed by atoms with Crippen molar-refractivity contribution in [3.8, 4) is 0 Å². The van der Waals surface area contributed by atoms with Crippen LogP contribution in [0.5, 0.6) is 0 Å². The monoisotopic (exact) mass is 278 g/mol. The van der Waals surface area contributed by atoms with Crippen LogP contribution in [0.15, 0.2) is 23.1 Å². The van der Waals surface area contributed by atoms with Crippen LogP contribution in [0.1, 0.15) is 18.1 Å². The largest absolute Gasteiger partial charge is 0.306 e. The normalized spacial score (nSPS) is 13.6. The number of hydrogen-bond acceptors (Lipinski definition) is 4. The van der Waals surface area contributed by atoms with Crippen molar-refractivity contribution in [2.75, 3.05) is 6.61 Å². The standard InChI is InChI=1S/C10H14O5S2/c1-3-15-17(13,14)10-5-4-8(2)9(6-10)7-16(11)12/h4-6H,3,7H2,1-2H3,(H,11,12). The fraction of sp³-hybridized carbons (Fsp3) is 0.400. The van der Waals surface area contributed by atoms with E-state index in [1.165, 1.54) is 12.1 Å². The van der Waals surface area contributed by atoms with Gasteiger partial charge in [0.25, 0.3) is 10.1 Å². The zero-order chi connectivity index (χ0) is 13.1. The summed E-state index contributed by atoms with van der Waals surface area (Å²) in [6, 6.07) is 4.38. The van der Waals surface area contributed by atoms with Gasteiger partial charge in [0.2, 0.25) is 0 Å². The minimum absolute atomic E-state index is 0.00500. The molecule has 7 heteroatoms. The number of hydrogen-bond donors (Lipinski definition) is 1. The molecular formula is C10H14O5S2. The van der Waals surface area contributed by atoms with E-state index in [2.05, 4.69) is 4.18 Å². The molecule has 0 saturated carbocycles. The van der Waals surface area contributed by atoms with Crippen LogP contribution in [0.4, 0.5) is 0 Å². The molecule has 0 amide bonds. The molecule has 0 fully saturated rings. The Labute approximate surface area is 103 Å². The minimum atomic E-state index is -3.77. The molecule has 0 radical (unpaired) electrons. The Kier molecular flexibility index (Phi) is 4.81. The highest BCUT2D eigenvalue weighted by Gasteiger charge is 2.16. The molecule has 0 bridgehead atoms. The van der Waals surface area contributed by atoms with E-state index in [9.17, 15) is 12.6 Å². The Morgan fingerprint density at radius 3 is 2.59 bits per heavy atom. The zero-order valence-electron chi connectivity index (χ0n) is 9.54. The Hall–Kier alpha value is -0.760. The third-order valence-electron chi connectivity index (χ3n) is 2.16. The molecule has 1 N–H and O–H groups in total. The van der Waals surface area contributed by atoms with Gasteiger partial charge in [-0.2, -0.15) is 8.42 Å². The molecule has 1 aromatic carbocycles. The van der Waals surface area contributed by atoms with Gasteiger partial charge in [-0.1, -0.05) is 6.07 Å². The molecule has 0 spiro atoms. The summed E-state index contributed by atoms with van der Waals surface area (Å²) < 4.78 is 47.4. The van der Waals surface area contributed by atoms with Gasteiger partial charge in [0.05, 0.1) is 17.3 Å². The first kappa shape index (κ1) is 14.3. The molecule has 96 valence electrons. The van der Waals surface area contributed by atoms with E-state index >= 15 is 0 Å². The summed E-state index contributed by atoms with van der Waals surface area (Å²) >= 11 is -2.00. The van der Waals surface area contributed by atoms with E-state index in [-0.39, 0.29) is 17.3 Å². The molecule has 0 saturated heterocycles. The van der Waals surface area contributed by atoms with Crippen molar-refractivity contribution in [1.29, 1.82) is 0 Å². The summed E-state index contributed by atoms with van der Waals surface area (Å²) in [7, 11) is -3.77. The first-order valence-electron chi connectivity index (χ1n) is 4.93. The Morgan fingerprint density at radius 2 is 2.06 bits per heavy atom. The predicted octanol–water partition coefficient (Wildman–Crippen LogP) is 1.44. The second-order valence-corrected chi connectivity index (χ2v) is 5.96. The summed E-state index contributed by atoms with van der Waals surface area (Å²) in [4.78, 5) is 0.00500. The second kappa shape index (κ2) is 5.72. The van der Waals surface area contributed by atoms with E-state index in [4.69, 9.17) is 4.55 Å². The average molecular weight is 278 g/mol. The maximum atomic E-state index is 11.6. The highest BCUT2D eigenvalue weighted by Crippen LogP contribution is 2.18. The third kappa shape index (κ3) is 3.88. The topological polar surface area (TPSA) is 80.7 Å². The summed E-state index contributed by atoms with van der Waals surface area (Å²) in [5.74, 6) is -0.0959. The van der Waals surface area contributed by atoms with Gasteiger partial charge in [-0.3, -0.25) is 4.18 Å². The van der Waals surface area contributed by atoms with Crippen molar-refractivity contribution < 1.29 is 21.4 Å². The lowest BCUT2D eigenvalue weighted by molar-refractivity contribution is 0.338. The van der Waals surface area contributed by atoms with Crippen LogP contribution in [0.2, 0.25) is 0 Å². The molecule has 0 aliphatic carbocycles. The fourth-order valence-corrected chi connectivity index (χ4v) is 2.86. The Morgan fingerprint density at radius 1 is 1.41 bits per heavy atom. The maximum Gasteiger partial charge on any atom is 0.296 e. The maximum absolute atomic E-state index is 11.6. The number of rotatable bonds is 5. The zero-order valence-corrected chi connectivity index (χ0v) is 11.2. The van der Waals surface area contributed by atoms with Crippen molar-refractivity contribution in [1.82, 2.24) is 0 Å². The van der Waals surface area contributed by atoms with Crippen LogP contribution >= 0.6 is 0 Å². The lowest BCUT2D eigenvalue weighted by atomic mass is 10.1. The smallest absolute Gasteiger partial charge is 0.296 e. The molecule has 1 aromatic rings. The van der Waals surface area contributed by atoms with E-state index in [1.54, 1.807) is 19.9 Å². The van der Waals surface area contributed by atoms with Crippen LogP contribution < -0.4 is 0 Å². The SMILES string of the molecule is CCOS(=O)(=O)c1ccc(C)c(CS(=O)O)c1. The van der Waals surface area contributed by atoms with Crippen LogP contribution in [0.3, 0.4) is 0 Å². The molecule has 0 aliphatic rings. The summed E-state index contributed by atoms with van der Waals surface area (Å²) in [5.41, 5.74) is 1.29. The van der Waals surface area contributed by atoms with E-state index in [0.29, 0.717) is 5.56 Å². The summed E-state index contributed by atoms with van der Waals surface area (Å²) in [6.45, 7) is 3.38. The first-order chi connectivity index (χ1) is 7.86. The molecule has 1 atom stereocenters. The third-order valence-corrected chi connectivity index (χ3v) is 4.10. The number of aryl methyl sites for hydroxylation is 1. The van der Waals surface area contributed by atoms with Crippen molar-refractivity contribution in [3.63, 3.8) is 0 Å². The van der Waals surface area contributed by atoms with Crippen molar-refractivity contribution in [3.05, 3.63) is 29.3 Å². The highest BCUT2D eigenvalue weighted by atomic mass is 32.2. The Balaban J connectivity index is 3.16. The molecule has 5 nitrogen and oxygen atoms in total. The summed E-state index contributed by atoms with van der Waals surface area (Å²) in [6.07, 6.45) is 0. The molecule has 0 aromatic heterocycles. The first-order valence-corrected chi connectivity index (χ1v) is 7.61. The van der Waals surface area contributed by atoms with Gasteiger partial charge in [-0.15, -0.1) is 0 Å². The van der Waals surface area contributed by atoms with E-state index in [0.717, 1.165) is 5.56 Å². The van der Waals surface area contributed by atoms with Gasteiger partial charge in [-0.25, -0.2) is 4.21 Å². The number of benzene rings is 1. The van der Waals surface area contributed by atoms with Crippen LogP contribution in [-0.4, -0.2) is 23.8 Å². The van der Waals surface area contributed by atoms with Crippen LogP contribution in [0.25, 0.3) is 0 Å². The lowest BCUT2D eigenvalue weighted by Crippen LogP contribution is -2.07. The van der Waals surface area contributed by atoms with Gasteiger partial charge in [-0.05, 0) is 37.1 Å². The van der Waals surface area contributed by atoms with Gasteiger partial charge in [0.15, 0.2) is 11.1 Å². The van der Waals surface area contributed by atoms with Gasteiger partial charge in [0.1, 0.15) is 0 Å². The lowest BCUT2D eigenvalue weighted by Gasteiger charge is -2.07. The fourth-order valence-electron chi connectivity index (χ4n) is 1.32. The van der Waals surface area contributed by atoms with Crippen molar-refractivity contribution in [2.24, 2.45) is 0 Å². The van der Waals surface area contributed by atoms with Crippen molar-refractivity contribution in [2.45, 2.75) is 24.5 Å². The van der Waals surface area contributed by atoms with Crippen molar-refractivity contribution >= 4 is 21.2 Å². The molecule has 1 rings (SSSR count). The van der Waals surface area contributed by atoms with E-state index < -0.39 is 21.2 Å². The molecular weight excluding hydrogens is 264 g/mol. The molecule has 0 aliphatic heterocycles. The molecule has 1 unspecified atom stereocenters. The van der Waals surface area contributed by atoms with E-state index in [1.807, 2.05) is 0 Å². The van der Waals surface area contributed by atoms with Gasteiger partial charge < -0.3 is 4.55 Å². The van der Waals surface area contributed by atoms with Gasteiger partial charge in [0, 0.05) is 0 Å². The highest BCUT2D eigenvalue weighted by molar-refractivity contribution is 7.86. The van der Waals surface area contributed by atoms with Crippen LogP contribution in [-0.2, 0) is 31.1 Å². The van der Waals surface area contributed by atoms with Gasteiger partial charge >= 0.3 is 0 Å². The molecule has 17 heavy (non-hydrogen) atoms. The van der Waals surface area contributed by atoms with Crippen LogP contribution in [0, 0.1) is 6.92 Å². The Bertz CT molecular complexity index is 521. The predicted molar refractivity (Wildman–Crippen MR) is 64.5 cm³/mol. The minimum Gasteiger partial charge on any atom is -0.306 e. The average Bonchev–Trinajstić information content (AvgIpc) is 2.20. The molecule has 0 heterocycles. The second-order valence-electron chi connectivity index (χ2n) is 3.41. The summed E-state index contributed by atoms with van der Waals surface area (Å²) in [5, 5.41) is 0.